The van der Waals surface area contributed by atoms with Gasteiger partial charge in [0.05, 0.1) is 24.2 Å². The topological polar surface area (TPSA) is 105 Å². The van der Waals surface area contributed by atoms with E-state index in [1.807, 2.05) is 31.2 Å². The van der Waals surface area contributed by atoms with Crippen LogP contribution in [-0.2, 0) is 9.53 Å². The Morgan fingerprint density at radius 3 is 2.89 bits per heavy atom. The van der Waals surface area contributed by atoms with Gasteiger partial charge in [0, 0.05) is 23.4 Å². The fourth-order valence-electron chi connectivity index (χ4n) is 2.63. The number of amides is 2. The van der Waals surface area contributed by atoms with E-state index in [1.165, 1.54) is 11.8 Å². The minimum absolute atomic E-state index is 0.141. The van der Waals surface area contributed by atoms with Gasteiger partial charge in [0.1, 0.15) is 5.82 Å². The molecule has 0 aliphatic carbocycles. The van der Waals surface area contributed by atoms with Crippen LogP contribution in [0, 0.1) is 0 Å². The van der Waals surface area contributed by atoms with Crippen LogP contribution in [0.2, 0.25) is 0 Å². The van der Waals surface area contributed by atoms with Crippen LogP contribution in [0.3, 0.4) is 0 Å². The van der Waals surface area contributed by atoms with E-state index < -0.39 is 5.97 Å². The highest BCUT2D eigenvalue weighted by molar-refractivity contribution is 7.99. The van der Waals surface area contributed by atoms with E-state index in [0.29, 0.717) is 22.2 Å². The van der Waals surface area contributed by atoms with Crippen LogP contribution in [0.5, 0.6) is 0 Å². The van der Waals surface area contributed by atoms with Gasteiger partial charge in [0.2, 0.25) is 0 Å². The number of carbonyl (C=O) groups excluding carboxylic acids is 2. The summed E-state index contributed by atoms with van der Waals surface area (Å²) in [7, 11) is 0. The summed E-state index contributed by atoms with van der Waals surface area (Å²) in [6.07, 6.45) is 0. The lowest BCUT2D eigenvalue weighted by Gasteiger charge is -2.21. The summed E-state index contributed by atoms with van der Waals surface area (Å²) < 4.78 is 5.07. The third kappa shape index (κ3) is 4.48. The number of urea groups is 1. The molecule has 0 radical (unpaired) electrons. The molecular formula is C18H21N5O3S. The minimum atomic E-state index is -0.437. The molecule has 3 N–H and O–H groups in total. The quantitative estimate of drug-likeness (QED) is 0.380. The molecule has 0 atom stereocenters. The maximum absolute atomic E-state index is 12.1. The van der Waals surface area contributed by atoms with Crippen LogP contribution in [-0.4, -0.2) is 47.4 Å². The number of fused-ring (bicyclic) bond motifs is 1. The lowest BCUT2D eigenvalue weighted by molar-refractivity contribution is -0.138. The number of nitrogens with one attached hydrogen (secondary N) is 3. The number of para-hydroxylation sites is 1. The van der Waals surface area contributed by atoms with Gasteiger partial charge in [-0.15, -0.1) is 0 Å². The fraction of sp³-hybridized carbons (Fsp3) is 0.333. The van der Waals surface area contributed by atoms with E-state index >= 15 is 0 Å². The second kappa shape index (κ2) is 8.72. The van der Waals surface area contributed by atoms with Gasteiger partial charge < -0.3 is 20.7 Å². The van der Waals surface area contributed by atoms with Crippen molar-refractivity contribution in [2.45, 2.75) is 19.0 Å². The van der Waals surface area contributed by atoms with Crippen LogP contribution in [0.1, 0.15) is 13.8 Å². The van der Waals surface area contributed by atoms with Crippen molar-refractivity contribution >= 4 is 40.5 Å². The van der Waals surface area contributed by atoms with Gasteiger partial charge in [-0.3, -0.25) is 0 Å². The Morgan fingerprint density at radius 1 is 1.30 bits per heavy atom. The van der Waals surface area contributed by atoms with Gasteiger partial charge >= 0.3 is 12.0 Å². The molecule has 0 fully saturated rings. The number of benzene rings is 1. The normalized spacial score (nSPS) is 13.9. The maximum atomic E-state index is 12.1. The fourth-order valence-corrected chi connectivity index (χ4v) is 3.47. The minimum Gasteiger partial charge on any atom is -0.463 e. The predicted octanol–water partition coefficient (Wildman–Crippen LogP) is 2.28. The van der Waals surface area contributed by atoms with Crippen LogP contribution >= 0.6 is 11.8 Å². The molecule has 0 bridgehead atoms. The molecule has 27 heavy (non-hydrogen) atoms. The Balaban J connectivity index is 1.85. The average Bonchev–Trinajstić information content (AvgIpc) is 2.67. The van der Waals surface area contributed by atoms with Crippen molar-refractivity contribution in [1.82, 2.24) is 20.6 Å². The molecule has 8 nitrogen and oxygen atoms in total. The van der Waals surface area contributed by atoms with Crippen molar-refractivity contribution in [3.8, 4) is 0 Å². The second-order valence-corrected chi connectivity index (χ2v) is 6.62. The van der Waals surface area contributed by atoms with E-state index in [2.05, 4.69) is 25.9 Å². The summed E-state index contributed by atoms with van der Waals surface area (Å²) >= 11 is 1.35. The molecule has 0 saturated carbocycles. The van der Waals surface area contributed by atoms with Gasteiger partial charge in [-0.25, -0.2) is 19.6 Å². The maximum Gasteiger partial charge on any atom is 0.337 e. The molecule has 0 saturated heterocycles. The van der Waals surface area contributed by atoms with E-state index in [-0.39, 0.29) is 19.2 Å². The third-order valence-electron chi connectivity index (χ3n) is 3.85. The lowest BCUT2D eigenvalue weighted by Crippen LogP contribution is -2.44. The number of anilines is 1. The summed E-state index contributed by atoms with van der Waals surface area (Å²) in [6.45, 7) is 4.90. The number of esters is 1. The summed E-state index contributed by atoms with van der Waals surface area (Å²) in [5.74, 6) is 0.679. The molecule has 1 aromatic heterocycles. The van der Waals surface area contributed by atoms with Crippen molar-refractivity contribution < 1.29 is 14.3 Å². The van der Waals surface area contributed by atoms with Crippen molar-refractivity contribution in [1.29, 1.82) is 0 Å². The van der Waals surface area contributed by atoms with Gasteiger partial charge in [0.25, 0.3) is 0 Å². The van der Waals surface area contributed by atoms with E-state index in [0.717, 1.165) is 23.3 Å². The highest BCUT2D eigenvalue weighted by Gasteiger charge is 2.24. The monoisotopic (exact) mass is 387 g/mol. The van der Waals surface area contributed by atoms with Crippen molar-refractivity contribution in [2.75, 3.05) is 30.8 Å². The Morgan fingerprint density at radius 2 is 2.11 bits per heavy atom. The molecule has 9 heteroatoms. The molecule has 0 spiro atoms. The largest absolute Gasteiger partial charge is 0.463 e. The van der Waals surface area contributed by atoms with E-state index in [1.54, 1.807) is 6.92 Å². The molecule has 1 aromatic carbocycles. The Kier molecular flexibility index (Phi) is 6.12. The van der Waals surface area contributed by atoms with Crippen molar-refractivity contribution in [3.05, 3.63) is 35.5 Å². The van der Waals surface area contributed by atoms with Crippen LogP contribution in [0.15, 0.2) is 40.7 Å². The Labute approximate surface area is 161 Å². The highest BCUT2D eigenvalue weighted by Crippen LogP contribution is 2.26. The van der Waals surface area contributed by atoms with Crippen LogP contribution < -0.4 is 16.0 Å². The molecule has 3 rings (SSSR count). The van der Waals surface area contributed by atoms with Gasteiger partial charge in [-0.05, 0) is 26.0 Å². The molecule has 2 heterocycles. The molecule has 1 aliphatic heterocycles. The first-order valence-electron chi connectivity index (χ1n) is 8.69. The van der Waals surface area contributed by atoms with Gasteiger partial charge in [-0.1, -0.05) is 23.9 Å². The van der Waals surface area contributed by atoms with E-state index in [9.17, 15) is 9.59 Å². The number of hydrogen-bond donors (Lipinski definition) is 3. The number of thioether (sulfide) groups is 1. The smallest absolute Gasteiger partial charge is 0.337 e. The zero-order valence-electron chi connectivity index (χ0n) is 15.2. The number of hydrogen-bond acceptors (Lipinski definition) is 7. The zero-order valence-corrected chi connectivity index (χ0v) is 16.0. The summed E-state index contributed by atoms with van der Waals surface area (Å²) in [4.78, 5) is 32.9. The Hall–Kier alpha value is -2.81. The van der Waals surface area contributed by atoms with E-state index in [4.69, 9.17) is 4.74 Å². The highest BCUT2D eigenvalue weighted by atomic mass is 32.2. The third-order valence-corrected chi connectivity index (χ3v) is 4.72. The van der Waals surface area contributed by atoms with Crippen LogP contribution in [0.4, 0.5) is 10.6 Å². The number of carbonyl (C=O) groups is 2. The standard InChI is InChI=1S/C18H21N5O3S/c1-3-19-15-11-7-5-6-8-13(11)22-18(23-15)27-10-14-12(16(24)26-4-2)9-20-17(25)21-14/h5-8H,3-4,9-10H2,1-2H3,(H,19,22,23)(H2,20,21,25). The first-order chi connectivity index (χ1) is 13.1. The number of rotatable bonds is 7. The molecule has 2 amide bonds. The number of nitrogens with zero attached hydrogens (tertiary/aromatic N) is 2. The molecule has 142 valence electrons. The second-order valence-electron chi connectivity index (χ2n) is 5.68. The first-order valence-corrected chi connectivity index (χ1v) is 9.68. The SMILES string of the molecule is CCNc1nc(SCC2=C(C(=O)OCC)CNC(=O)N2)nc2ccccc12. The molecular weight excluding hydrogens is 366 g/mol. The number of ether oxygens (including phenoxy) is 1. The first kappa shape index (κ1) is 19.0. The molecule has 1 aliphatic rings. The van der Waals surface area contributed by atoms with Crippen molar-refractivity contribution in [3.63, 3.8) is 0 Å². The molecule has 2 aromatic rings. The number of aromatic nitrogens is 2. The summed E-state index contributed by atoms with van der Waals surface area (Å²) in [5.41, 5.74) is 1.76. The summed E-state index contributed by atoms with van der Waals surface area (Å²) in [6, 6.07) is 7.42. The lowest BCUT2D eigenvalue weighted by atomic mass is 10.2. The van der Waals surface area contributed by atoms with Crippen molar-refractivity contribution in [2.24, 2.45) is 0 Å². The molecule has 0 unspecified atom stereocenters. The average molecular weight is 387 g/mol. The zero-order chi connectivity index (χ0) is 19.2. The summed E-state index contributed by atoms with van der Waals surface area (Å²) in [5, 5.41) is 10.0. The predicted molar refractivity (Wildman–Crippen MR) is 105 cm³/mol. The Bertz CT molecular complexity index is 900. The van der Waals surface area contributed by atoms with Gasteiger partial charge in [0.15, 0.2) is 5.16 Å². The van der Waals surface area contributed by atoms with Gasteiger partial charge in [-0.2, -0.15) is 0 Å². The van der Waals surface area contributed by atoms with Crippen LogP contribution in [0.25, 0.3) is 10.9 Å².